The van der Waals surface area contributed by atoms with Crippen LogP contribution in [0.15, 0.2) is 18.2 Å². The summed E-state index contributed by atoms with van der Waals surface area (Å²) in [6.07, 6.45) is -4.33. The zero-order valence-corrected chi connectivity index (χ0v) is 12.6. The Labute approximate surface area is 129 Å². The second kappa shape index (κ2) is 6.42. The standard InChI is InChI=1S/C13H13Cl2F3N2O/c1-8(14)12-19-11-9(15)3-2-4-10(11)20(12)5-6-21-7-13(16,17)18/h2-4,8H,5-7H2,1H3. The molecule has 1 aromatic heterocycles. The Balaban J connectivity index is 2.21. The summed E-state index contributed by atoms with van der Waals surface area (Å²) in [6, 6.07) is 5.24. The summed E-state index contributed by atoms with van der Waals surface area (Å²) in [5.41, 5.74) is 1.30. The van der Waals surface area contributed by atoms with Crippen LogP contribution in [0.2, 0.25) is 5.02 Å². The number of para-hydroxylation sites is 1. The molecular weight excluding hydrogens is 328 g/mol. The van der Waals surface area contributed by atoms with Crippen molar-refractivity contribution >= 4 is 34.2 Å². The zero-order chi connectivity index (χ0) is 15.6. The number of aromatic nitrogens is 2. The third-order valence-corrected chi connectivity index (χ3v) is 3.34. The van der Waals surface area contributed by atoms with E-state index in [0.717, 1.165) is 5.52 Å². The van der Waals surface area contributed by atoms with Crippen molar-refractivity contribution in [2.75, 3.05) is 13.2 Å². The molecule has 0 saturated carbocycles. The molecule has 2 aromatic rings. The van der Waals surface area contributed by atoms with Gasteiger partial charge in [-0.05, 0) is 19.1 Å². The van der Waals surface area contributed by atoms with Gasteiger partial charge in [0, 0.05) is 6.54 Å². The smallest absolute Gasteiger partial charge is 0.370 e. The van der Waals surface area contributed by atoms with E-state index < -0.39 is 18.2 Å². The molecule has 0 aliphatic heterocycles. The first kappa shape index (κ1) is 16.4. The predicted molar refractivity (Wildman–Crippen MR) is 75.9 cm³/mol. The number of imidazole rings is 1. The number of hydrogen-bond donors (Lipinski definition) is 0. The van der Waals surface area contributed by atoms with Crippen molar-refractivity contribution in [1.29, 1.82) is 0 Å². The fraction of sp³-hybridized carbons (Fsp3) is 0.462. The van der Waals surface area contributed by atoms with Gasteiger partial charge in [-0.2, -0.15) is 13.2 Å². The molecule has 0 N–H and O–H groups in total. The first-order valence-electron chi connectivity index (χ1n) is 6.23. The number of rotatable bonds is 5. The molecule has 0 fully saturated rings. The van der Waals surface area contributed by atoms with Gasteiger partial charge in [0.05, 0.1) is 22.5 Å². The average molecular weight is 341 g/mol. The lowest BCUT2D eigenvalue weighted by Crippen LogP contribution is -2.19. The molecule has 8 heteroatoms. The molecule has 0 aliphatic rings. The van der Waals surface area contributed by atoms with E-state index in [4.69, 9.17) is 23.2 Å². The fourth-order valence-electron chi connectivity index (χ4n) is 2.01. The Bertz CT molecular complexity index is 626. The molecule has 0 spiro atoms. The van der Waals surface area contributed by atoms with E-state index in [1.165, 1.54) is 0 Å². The van der Waals surface area contributed by atoms with Crippen LogP contribution in [0.25, 0.3) is 11.0 Å². The van der Waals surface area contributed by atoms with E-state index >= 15 is 0 Å². The minimum Gasteiger partial charge on any atom is -0.370 e. The molecule has 0 radical (unpaired) electrons. The van der Waals surface area contributed by atoms with Gasteiger partial charge in [-0.3, -0.25) is 0 Å². The van der Waals surface area contributed by atoms with Crippen LogP contribution in [-0.2, 0) is 11.3 Å². The molecule has 0 saturated heterocycles. The van der Waals surface area contributed by atoms with Crippen LogP contribution < -0.4 is 0 Å². The second-order valence-corrected chi connectivity index (χ2v) is 5.57. The number of ether oxygens (including phenoxy) is 1. The van der Waals surface area contributed by atoms with E-state index in [1.54, 1.807) is 29.7 Å². The van der Waals surface area contributed by atoms with Gasteiger partial charge in [-0.15, -0.1) is 11.6 Å². The fourth-order valence-corrected chi connectivity index (χ4v) is 2.39. The summed E-state index contributed by atoms with van der Waals surface area (Å²) in [5, 5.41) is 0.0807. The molecule has 0 aliphatic carbocycles. The number of alkyl halides is 4. The number of benzene rings is 1. The van der Waals surface area contributed by atoms with E-state index in [-0.39, 0.29) is 13.2 Å². The highest BCUT2D eigenvalue weighted by Crippen LogP contribution is 2.28. The predicted octanol–water partition coefficient (Wildman–Crippen LogP) is 4.57. The molecule has 1 heterocycles. The van der Waals surface area contributed by atoms with E-state index in [2.05, 4.69) is 9.72 Å². The van der Waals surface area contributed by atoms with Gasteiger partial charge in [0.15, 0.2) is 0 Å². The van der Waals surface area contributed by atoms with Crippen LogP contribution in [0.1, 0.15) is 18.1 Å². The number of halogens is 5. The molecule has 1 aromatic carbocycles. The lowest BCUT2D eigenvalue weighted by Gasteiger charge is -2.12. The summed E-state index contributed by atoms with van der Waals surface area (Å²) in [4.78, 5) is 4.36. The SMILES string of the molecule is CC(Cl)c1nc2c(Cl)cccc2n1CCOCC(F)(F)F. The summed E-state index contributed by atoms with van der Waals surface area (Å²) < 4.78 is 42.5. The van der Waals surface area contributed by atoms with Gasteiger partial charge in [0.25, 0.3) is 0 Å². The van der Waals surface area contributed by atoms with Crippen molar-refractivity contribution in [1.82, 2.24) is 9.55 Å². The molecule has 1 atom stereocenters. The first-order chi connectivity index (χ1) is 9.79. The summed E-state index contributed by atoms with van der Waals surface area (Å²) in [7, 11) is 0. The molecule has 2 rings (SSSR count). The maximum Gasteiger partial charge on any atom is 0.411 e. The Hall–Kier alpha value is -0.980. The molecule has 116 valence electrons. The lowest BCUT2D eigenvalue weighted by molar-refractivity contribution is -0.174. The normalized spacial score (nSPS) is 13.8. The van der Waals surface area contributed by atoms with Gasteiger partial charge < -0.3 is 9.30 Å². The molecular formula is C13H13Cl2F3N2O. The Morgan fingerprint density at radius 3 is 2.71 bits per heavy atom. The van der Waals surface area contributed by atoms with Gasteiger partial charge in [-0.1, -0.05) is 17.7 Å². The van der Waals surface area contributed by atoms with Crippen LogP contribution in [0, 0.1) is 0 Å². The number of fused-ring (bicyclic) bond motifs is 1. The number of nitrogens with zero attached hydrogens (tertiary/aromatic N) is 2. The van der Waals surface area contributed by atoms with Crippen LogP contribution in [-0.4, -0.2) is 28.9 Å². The third-order valence-electron chi connectivity index (χ3n) is 2.84. The third kappa shape index (κ3) is 4.02. The Morgan fingerprint density at radius 2 is 2.10 bits per heavy atom. The molecule has 0 bridgehead atoms. The van der Waals surface area contributed by atoms with Crippen molar-refractivity contribution in [3.05, 3.63) is 29.0 Å². The van der Waals surface area contributed by atoms with Gasteiger partial charge >= 0.3 is 6.18 Å². The zero-order valence-electron chi connectivity index (χ0n) is 11.1. The van der Waals surface area contributed by atoms with E-state index in [9.17, 15) is 13.2 Å². The summed E-state index contributed by atoms with van der Waals surface area (Å²) in [5.74, 6) is 0.551. The number of hydrogen-bond acceptors (Lipinski definition) is 2. The minimum absolute atomic E-state index is 0.0892. The molecule has 1 unspecified atom stereocenters. The van der Waals surface area contributed by atoms with Crippen LogP contribution >= 0.6 is 23.2 Å². The highest BCUT2D eigenvalue weighted by atomic mass is 35.5. The van der Waals surface area contributed by atoms with Gasteiger partial charge in [-0.25, -0.2) is 4.98 Å². The maximum atomic E-state index is 12.1. The highest BCUT2D eigenvalue weighted by Gasteiger charge is 2.27. The molecule has 21 heavy (non-hydrogen) atoms. The van der Waals surface area contributed by atoms with Gasteiger partial charge in [0.1, 0.15) is 17.9 Å². The Morgan fingerprint density at radius 1 is 1.38 bits per heavy atom. The summed E-state index contributed by atoms with van der Waals surface area (Å²) >= 11 is 12.1. The highest BCUT2D eigenvalue weighted by molar-refractivity contribution is 6.35. The first-order valence-corrected chi connectivity index (χ1v) is 7.04. The van der Waals surface area contributed by atoms with Crippen LogP contribution in [0.5, 0.6) is 0 Å². The maximum absolute atomic E-state index is 12.1. The van der Waals surface area contributed by atoms with E-state index in [1.807, 2.05) is 0 Å². The second-order valence-electron chi connectivity index (χ2n) is 4.51. The van der Waals surface area contributed by atoms with Crippen molar-refractivity contribution in [2.45, 2.75) is 25.0 Å². The van der Waals surface area contributed by atoms with Crippen molar-refractivity contribution in [3.8, 4) is 0 Å². The topological polar surface area (TPSA) is 27.1 Å². The van der Waals surface area contributed by atoms with Crippen LogP contribution in [0.3, 0.4) is 0 Å². The van der Waals surface area contributed by atoms with Crippen molar-refractivity contribution in [3.63, 3.8) is 0 Å². The monoisotopic (exact) mass is 340 g/mol. The largest absolute Gasteiger partial charge is 0.411 e. The average Bonchev–Trinajstić information content (AvgIpc) is 2.74. The van der Waals surface area contributed by atoms with Crippen LogP contribution in [0.4, 0.5) is 13.2 Å². The van der Waals surface area contributed by atoms with Crippen molar-refractivity contribution in [2.24, 2.45) is 0 Å². The van der Waals surface area contributed by atoms with Crippen molar-refractivity contribution < 1.29 is 17.9 Å². The quantitative estimate of drug-likeness (QED) is 0.588. The molecule has 0 amide bonds. The van der Waals surface area contributed by atoms with E-state index in [0.29, 0.717) is 16.4 Å². The Kier molecular flexibility index (Phi) is 5.01. The lowest BCUT2D eigenvalue weighted by atomic mass is 10.3. The van der Waals surface area contributed by atoms with Gasteiger partial charge in [0.2, 0.25) is 0 Å². The minimum atomic E-state index is -4.33. The summed E-state index contributed by atoms with van der Waals surface area (Å²) in [6.45, 7) is 0.600. The molecule has 3 nitrogen and oxygen atoms in total.